The number of fused-ring (bicyclic) bond motifs is 3. The first-order valence-electron chi connectivity index (χ1n) is 12.3. The van der Waals surface area contributed by atoms with Crippen LogP contribution >= 0.6 is 0 Å². The minimum atomic E-state index is -4.41. The summed E-state index contributed by atoms with van der Waals surface area (Å²) in [6, 6.07) is 11.8. The number of alkyl halides is 3. The van der Waals surface area contributed by atoms with Crippen molar-refractivity contribution in [1.82, 2.24) is 9.80 Å². The van der Waals surface area contributed by atoms with Gasteiger partial charge in [-0.15, -0.1) is 0 Å². The van der Waals surface area contributed by atoms with E-state index in [1.54, 1.807) is 39.0 Å². The van der Waals surface area contributed by atoms with E-state index >= 15 is 0 Å². The van der Waals surface area contributed by atoms with Gasteiger partial charge in [0.15, 0.2) is 0 Å². The normalized spacial score (nSPS) is 24.1. The molecule has 3 amide bonds. The Morgan fingerprint density at radius 3 is 2.50 bits per heavy atom. The predicted molar refractivity (Wildman–Crippen MR) is 127 cm³/mol. The smallest absolute Gasteiger partial charge is 0.336 e. The molecule has 2 fully saturated rings. The molecule has 9 heteroatoms. The highest BCUT2D eigenvalue weighted by Crippen LogP contribution is 2.44. The van der Waals surface area contributed by atoms with E-state index < -0.39 is 17.4 Å². The van der Waals surface area contributed by atoms with Gasteiger partial charge in [-0.2, -0.15) is 13.2 Å². The molecule has 0 N–H and O–H groups in total. The van der Waals surface area contributed by atoms with Gasteiger partial charge in [-0.1, -0.05) is 24.3 Å². The van der Waals surface area contributed by atoms with Crippen LogP contribution in [-0.4, -0.2) is 46.3 Å². The maximum Gasteiger partial charge on any atom is 0.416 e. The second-order valence-electron chi connectivity index (χ2n) is 9.89. The van der Waals surface area contributed by atoms with Crippen molar-refractivity contribution in [2.75, 3.05) is 18.0 Å². The molecule has 2 aromatic rings. The molecule has 0 aromatic heterocycles. The molecule has 3 aliphatic heterocycles. The van der Waals surface area contributed by atoms with Gasteiger partial charge in [-0.25, -0.2) is 0 Å². The Labute approximate surface area is 207 Å². The molecular weight excluding hydrogens is 471 g/mol. The number of hydrogen-bond donors (Lipinski definition) is 0. The Morgan fingerprint density at radius 2 is 1.78 bits per heavy atom. The van der Waals surface area contributed by atoms with E-state index in [4.69, 9.17) is 0 Å². The molecule has 3 aliphatic rings. The molecule has 0 radical (unpaired) electrons. The van der Waals surface area contributed by atoms with Crippen molar-refractivity contribution >= 4 is 23.4 Å². The Balaban J connectivity index is 1.35. The molecule has 6 nitrogen and oxygen atoms in total. The van der Waals surface area contributed by atoms with Crippen LogP contribution in [0.5, 0.6) is 0 Å². The van der Waals surface area contributed by atoms with E-state index in [-0.39, 0.29) is 36.7 Å². The van der Waals surface area contributed by atoms with Crippen molar-refractivity contribution in [2.45, 2.75) is 63.3 Å². The quantitative estimate of drug-likeness (QED) is 0.585. The first kappa shape index (κ1) is 24.3. The lowest BCUT2D eigenvalue weighted by molar-refractivity contribution is -0.138. The summed E-state index contributed by atoms with van der Waals surface area (Å²) < 4.78 is 39.0. The number of nitrogens with zero attached hydrogens (tertiary/aromatic N) is 3. The summed E-state index contributed by atoms with van der Waals surface area (Å²) in [5, 5.41) is 0. The van der Waals surface area contributed by atoms with Crippen LogP contribution in [0.25, 0.3) is 0 Å². The monoisotopic (exact) mass is 499 g/mol. The third kappa shape index (κ3) is 4.04. The number of para-hydroxylation sites is 1. The van der Waals surface area contributed by atoms with Gasteiger partial charge in [0.1, 0.15) is 5.66 Å². The van der Waals surface area contributed by atoms with Crippen molar-refractivity contribution in [1.29, 1.82) is 0 Å². The zero-order chi connectivity index (χ0) is 25.7. The van der Waals surface area contributed by atoms with E-state index in [1.807, 2.05) is 6.92 Å². The molecule has 0 spiro atoms. The SMILES string of the molecule is C[C@@]12CCC(=O)N1c1ccccc1C(=O)N2CCC(=O)N1CCCC[C@@H]1c1ccc(C(F)(F)F)cc1. The second kappa shape index (κ2) is 8.94. The highest BCUT2D eigenvalue weighted by atomic mass is 19.4. The fourth-order valence-corrected chi connectivity index (χ4v) is 5.86. The fraction of sp³-hybridized carbons (Fsp3) is 0.444. The number of carbonyl (C=O) groups is 3. The Kier molecular flexibility index (Phi) is 6.04. The predicted octanol–water partition coefficient (Wildman–Crippen LogP) is 5.15. The topological polar surface area (TPSA) is 60.9 Å². The molecule has 2 saturated heterocycles. The van der Waals surface area contributed by atoms with E-state index in [0.717, 1.165) is 25.0 Å². The van der Waals surface area contributed by atoms with E-state index in [9.17, 15) is 27.6 Å². The van der Waals surface area contributed by atoms with Crippen molar-refractivity contribution in [3.8, 4) is 0 Å². The van der Waals surface area contributed by atoms with Gasteiger partial charge in [-0.3, -0.25) is 19.3 Å². The van der Waals surface area contributed by atoms with Crippen LogP contribution < -0.4 is 4.90 Å². The zero-order valence-electron chi connectivity index (χ0n) is 20.1. The number of piperidine rings is 1. The summed E-state index contributed by atoms with van der Waals surface area (Å²) in [6.45, 7) is 2.54. The lowest BCUT2D eigenvalue weighted by Gasteiger charge is -2.49. The molecule has 5 rings (SSSR count). The van der Waals surface area contributed by atoms with Crippen LogP contribution in [0, 0.1) is 0 Å². The van der Waals surface area contributed by atoms with Gasteiger partial charge in [0, 0.05) is 25.9 Å². The largest absolute Gasteiger partial charge is 0.416 e. The maximum atomic E-state index is 13.4. The minimum absolute atomic E-state index is 0.0489. The van der Waals surface area contributed by atoms with Crippen LogP contribution in [0.3, 0.4) is 0 Å². The van der Waals surface area contributed by atoms with Gasteiger partial charge < -0.3 is 9.80 Å². The van der Waals surface area contributed by atoms with Gasteiger partial charge >= 0.3 is 6.18 Å². The Morgan fingerprint density at radius 1 is 1.06 bits per heavy atom. The zero-order valence-corrected chi connectivity index (χ0v) is 20.1. The van der Waals surface area contributed by atoms with Gasteiger partial charge in [0.2, 0.25) is 11.8 Å². The van der Waals surface area contributed by atoms with E-state index in [0.29, 0.717) is 42.6 Å². The molecule has 0 bridgehead atoms. The number of anilines is 1. The number of benzene rings is 2. The lowest BCUT2D eigenvalue weighted by Crippen LogP contribution is -2.62. The summed E-state index contributed by atoms with van der Waals surface area (Å²) in [5.74, 6) is -0.400. The fourth-order valence-electron chi connectivity index (χ4n) is 5.86. The van der Waals surface area contributed by atoms with Gasteiger partial charge in [0.25, 0.3) is 5.91 Å². The first-order valence-corrected chi connectivity index (χ1v) is 12.3. The average Bonchev–Trinajstić information content (AvgIpc) is 3.18. The first-order chi connectivity index (χ1) is 17.1. The van der Waals surface area contributed by atoms with Crippen LogP contribution in [0.15, 0.2) is 48.5 Å². The number of halogens is 3. The summed E-state index contributed by atoms with van der Waals surface area (Å²) in [6.07, 6.45) is -1.16. The Bertz CT molecular complexity index is 1200. The molecule has 36 heavy (non-hydrogen) atoms. The van der Waals surface area contributed by atoms with Gasteiger partial charge in [-0.05, 0) is 62.4 Å². The second-order valence-corrected chi connectivity index (χ2v) is 9.89. The maximum absolute atomic E-state index is 13.4. The molecule has 190 valence electrons. The molecule has 2 atom stereocenters. The van der Waals surface area contributed by atoms with E-state index in [2.05, 4.69) is 0 Å². The van der Waals surface area contributed by atoms with Crippen LogP contribution in [0.2, 0.25) is 0 Å². The van der Waals surface area contributed by atoms with Crippen molar-refractivity contribution < 1.29 is 27.6 Å². The lowest BCUT2D eigenvalue weighted by atomic mass is 9.94. The summed E-state index contributed by atoms with van der Waals surface area (Å²) in [5.41, 5.74) is 0.176. The van der Waals surface area contributed by atoms with Crippen molar-refractivity contribution in [3.63, 3.8) is 0 Å². The Hall–Kier alpha value is -3.36. The number of amides is 3. The average molecular weight is 500 g/mol. The standard InChI is InChI=1S/C27H28F3N3O3/c1-26-15-13-24(35)33(26)22-8-3-2-6-20(22)25(36)32(26)17-14-23(34)31-16-5-4-7-21(31)18-9-11-19(12-10-18)27(28,29)30/h2-3,6,8-12,21H,4-5,7,13-17H2,1H3/t21-,26+/m1/s1. The third-order valence-corrected chi connectivity index (χ3v) is 7.74. The number of hydrogen-bond acceptors (Lipinski definition) is 3. The van der Waals surface area contributed by atoms with Gasteiger partial charge in [0.05, 0.1) is 22.9 Å². The molecule has 0 unspecified atom stereocenters. The van der Waals surface area contributed by atoms with Crippen molar-refractivity contribution in [3.05, 3.63) is 65.2 Å². The summed E-state index contributed by atoms with van der Waals surface area (Å²) in [7, 11) is 0. The summed E-state index contributed by atoms with van der Waals surface area (Å²) >= 11 is 0. The minimum Gasteiger partial charge on any atom is -0.336 e. The van der Waals surface area contributed by atoms with Crippen LogP contribution in [-0.2, 0) is 15.8 Å². The third-order valence-electron chi connectivity index (χ3n) is 7.74. The van der Waals surface area contributed by atoms with Crippen LogP contribution in [0.1, 0.15) is 73.0 Å². The number of likely N-dealkylation sites (tertiary alicyclic amines) is 1. The highest BCUT2D eigenvalue weighted by Gasteiger charge is 2.53. The highest BCUT2D eigenvalue weighted by molar-refractivity contribution is 6.10. The molecule has 2 aromatic carbocycles. The molecular formula is C27H28F3N3O3. The van der Waals surface area contributed by atoms with E-state index in [1.165, 1.54) is 12.1 Å². The molecule has 3 heterocycles. The molecule has 0 saturated carbocycles. The number of carbonyl (C=O) groups excluding carboxylic acids is 3. The van der Waals surface area contributed by atoms with Crippen LogP contribution in [0.4, 0.5) is 18.9 Å². The summed E-state index contributed by atoms with van der Waals surface area (Å²) in [4.78, 5) is 44.6. The van der Waals surface area contributed by atoms with Crippen molar-refractivity contribution in [2.24, 2.45) is 0 Å². The number of rotatable bonds is 4. The molecule has 0 aliphatic carbocycles.